The Morgan fingerprint density at radius 1 is 1.38 bits per heavy atom. The first-order chi connectivity index (χ1) is 7.54. The van der Waals surface area contributed by atoms with E-state index in [-0.39, 0.29) is 17.0 Å². The number of rotatable bonds is 4. The van der Waals surface area contributed by atoms with E-state index in [2.05, 4.69) is 11.9 Å². The van der Waals surface area contributed by atoms with Gasteiger partial charge >= 0.3 is 0 Å². The Kier molecular flexibility index (Phi) is 2.54. The summed E-state index contributed by atoms with van der Waals surface area (Å²) in [6.07, 6.45) is 1.71. The van der Waals surface area contributed by atoms with Gasteiger partial charge in [-0.3, -0.25) is 4.79 Å². The van der Waals surface area contributed by atoms with E-state index in [1.807, 2.05) is 0 Å². The number of hydrogen-bond acceptors (Lipinski definition) is 2. The van der Waals surface area contributed by atoms with E-state index in [4.69, 9.17) is 0 Å². The molecule has 0 spiro atoms. The highest BCUT2D eigenvalue weighted by molar-refractivity contribution is 5.89. The molecule has 1 aromatic rings. The lowest BCUT2D eigenvalue weighted by Gasteiger charge is -2.17. The third kappa shape index (κ3) is 1.85. The van der Waals surface area contributed by atoms with Crippen molar-refractivity contribution in [3.8, 4) is 0 Å². The summed E-state index contributed by atoms with van der Waals surface area (Å²) in [7, 11) is 0. The molecule has 1 saturated carbocycles. The number of benzene rings is 1. The number of hydrogen-bond donors (Lipinski definition) is 1. The van der Waals surface area contributed by atoms with Gasteiger partial charge in [0.25, 0.3) is 0 Å². The molecule has 1 aliphatic rings. The molecular formula is C13H14FNO. The number of carbonyl (C=O) groups is 1. The molecule has 0 heterocycles. The topological polar surface area (TPSA) is 29.1 Å². The first kappa shape index (κ1) is 10.9. The fraction of sp³-hybridized carbons (Fsp3) is 0.308. The van der Waals surface area contributed by atoms with Crippen LogP contribution >= 0.6 is 0 Å². The lowest BCUT2D eigenvalue weighted by Crippen LogP contribution is -2.19. The Morgan fingerprint density at radius 2 is 1.94 bits per heavy atom. The van der Waals surface area contributed by atoms with Crippen molar-refractivity contribution in [3.63, 3.8) is 0 Å². The van der Waals surface area contributed by atoms with Crippen LogP contribution in [0.2, 0.25) is 0 Å². The average Bonchev–Trinajstić information content (AvgIpc) is 3.02. The molecule has 0 radical (unpaired) electrons. The number of allylic oxidation sites excluding steroid dienone is 1. The van der Waals surface area contributed by atoms with E-state index in [0.29, 0.717) is 5.70 Å². The molecule has 84 valence electrons. The molecule has 0 saturated heterocycles. The molecule has 0 aliphatic heterocycles. The smallest absolute Gasteiger partial charge is 0.141 e. The van der Waals surface area contributed by atoms with Gasteiger partial charge in [0, 0.05) is 11.4 Å². The first-order valence-corrected chi connectivity index (χ1v) is 5.28. The summed E-state index contributed by atoms with van der Waals surface area (Å²) < 4.78 is 12.7. The second-order valence-electron chi connectivity index (χ2n) is 4.25. The Bertz CT molecular complexity index is 432. The molecule has 0 aromatic heterocycles. The zero-order valence-corrected chi connectivity index (χ0v) is 9.22. The minimum Gasteiger partial charge on any atom is -0.359 e. The van der Waals surface area contributed by atoms with Crippen LogP contribution < -0.4 is 5.32 Å². The number of nitrogens with one attached hydrogen (secondary N) is 1. The number of carbonyl (C=O) groups excluding carboxylic acids is 1. The Hall–Kier alpha value is -1.64. The van der Waals surface area contributed by atoms with E-state index in [1.54, 1.807) is 19.1 Å². The van der Waals surface area contributed by atoms with Gasteiger partial charge in [0.1, 0.15) is 11.6 Å². The van der Waals surface area contributed by atoms with Crippen molar-refractivity contribution in [2.75, 3.05) is 5.32 Å². The molecule has 1 N–H and O–H groups in total. The first-order valence-electron chi connectivity index (χ1n) is 5.28. The van der Waals surface area contributed by atoms with Crippen molar-refractivity contribution in [3.05, 3.63) is 42.4 Å². The molecule has 0 unspecified atom stereocenters. The van der Waals surface area contributed by atoms with Gasteiger partial charge in [-0.2, -0.15) is 0 Å². The van der Waals surface area contributed by atoms with Gasteiger partial charge in [-0.15, -0.1) is 0 Å². The van der Waals surface area contributed by atoms with Crippen LogP contribution in [0, 0.1) is 11.2 Å². The second kappa shape index (κ2) is 3.74. The van der Waals surface area contributed by atoms with E-state index < -0.39 is 0 Å². The summed E-state index contributed by atoms with van der Waals surface area (Å²) in [6, 6.07) is 6.03. The van der Waals surface area contributed by atoms with Crippen molar-refractivity contribution in [1.29, 1.82) is 0 Å². The number of Topliss-reactive ketones (excluding diaryl/α,β-unsaturated/α-hetero) is 1. The highest BCUT2D eigenvalue weighted by atomic mass is 19.1. The third-order valence-electron chi connectivity index (χ3n) is 3.14. The minimum atomic E-state index is -0.381. The molecule has 1 aromatic carbocycles. The van der Waals surface area contributed by atoms with Crippen LogP contribution in [0.15, 0.2) is 36.5 Å². The minimum absolute atomic E-state index is 0.145. The average molecular weight is 219 g/mol. The molecule has 0 bridgehead atoms. The summed E-state index contributed by atoms with van der Waals surface area (Å²) >= 11 is 0. The third-order valence-corrected chi connectivity index (χ3v) is 3.14. The predicted octanol–water partition coefficient (Wildman–Crippen LogP) is 3.12. The summed E-state index contributed by atoms with van der Waals surface area (Å²) in [6.45, 7) is 5.49. The summed E-state index contributed by atoms with van der Waals surface area (Å²) in [5.41, 5.74) is 1.10. The second-order valence-corrected chi connectivity index (χ2v) is 4.25. The molecule has 2 rings (SSSR count). The van der Waals surface area contributed by atoms with Crippen LogP contribution in [0.4, 0.5) is 10.1 Å². The highest BCUT2D eigenvalue weighted by Gasteiger charge is 2.49. The van der Waals surface area contributed by atoms with Crippen LogP contribution in [-0.4, -0.2) is 5.78 Å². The maximum Gasteiger partial charge on any atom is 0.141 e. The van der Waals surface area contributed by atoms with Crippen molar-refractivity contribution >= 4 is 11.5 Å². The predicted molar refractivity (Wildman–Crippen MR) is 61.5 cm³/mol. The van der Waals surface area contributed by atoms with Crippen LogP contribution in [0.25, 0.3) is 0 Å². The normalized spacial score (nSPS) is 16.6. The summed E-state index contributed by atoms with van der Waals surface area (Å²) in [5, 5.41) is 3.07. The lowest BCUT2D eigenvalue weighted by molar-refractivity contribution is -0.120. The maximum atomic E-state index is 12.7. The van der Waals surface area contributed by atoms with Gasteiger partial charge in [0.2, 0.25) is 0 Å². The lowest BCUT2D eigenvalue weighted by atomic mass is 9.98. The molecule has 0 amide bonds. The zero-order valence-electron chi connectivity index (χ0n) is 9.22. The summed E-state index contributed by atoms with van der Waals surface area (Å²) in [5.74, 6) is -0.129. The molecular weight excluding hydrogens is 205 g/mol. The van der Waals surface area contributed by atoms with Gasteiger partial charge in [0.05, 0.1) is 5.41 Å². The molecule has 3 heteroatoms. The zero-order chi connectivity index (χ0) is 11.8. The fourth-order valence-electron chi connectivity index (χ4n) is 1.82. The number of ketones is 1. The molecule has 0 atom stereocenters. The van der Waals surface area contributed by atoms with E-state index >= 15 is 0 Å². The maximum absolute atomic E-state index is 12.7. The van der Waals surface area contributed by atoms with Crippen molar-refractivity contribution in [1.82, 2.24) is 0 Å². The number of halogens is 1. The molecule has 1 aliphatic carbocycles. The van der Waals surface area contributed by atoms with Crippen molar-refractivity contribution < 1.29 is 9.18 Å². The Morgan fingerprint density at radius 3 is 2.38 bits per heavy atom. The van der Waals surface area contributed by atoms with Gasteiger partial charge in [0.15, 0.2) is 0 Å². The van der Waals surface area contributed by atoms with Crippen molar-refractivity contribution in [2.24, 2.45) is 5.41 Å². The molecule has 1 fully saturated rings. The van der Waals surface area contributed by atoms with Crippen LogP contribution in [-0.2, 0) is 4.79 Å². The largest absolute Gasteiger partial charge is 0.359 e. The van der Waals surface area contributed by atoms with E-state index in [1.165, 1.54) is 12.1 Å². The fourth-order valence-corrected chi connectivity index (χ4v) is 1.82. The highest BCUT2D eigenvalue weighted by Crippen LogP contribution is 2.51. The standard InChI is InChI=1S/C13H14FNO/c1-9(13(7-8-13)10(2)16)15-12-5-3-11(14)4-6-12/h3-6,15H,1,7-8H2,2H3. The van der Waals surface area contributed by atoms with Gasteiger partial charge in [-0.25, -0.2) is 4.39 Å². The molecule has 2 nitrogen and oxygen atoms in total. The SMILES string of the molecule is C=C(Nc1ccc(F)cc1)C1(C(C)=O)CC1. The van der Waals surface area contributed by atoms with Gasteiger partial charge in [-0.05, 0) is 44.0 Å². The van der Waals surface area contributed by atoms with Crippen LogP contribution in [0.5, 0.6) is 0 Å². The number of anilines is 1. The Labute approximate surface area is 94.2 Å². The van der Waals surface area contributed by atoms with Crippen LogP contribution in [0.1, 0.15) is 19.8 Å². The van der Waals surface area contributed by atoms with Crippen molar-refractivity contribution in [2.45, 2.75) is 19.8 Å². The quantitative estimate of drug-likeness (QED) is 0.843. The van der Waals surface area contributed by atoms with Gasteiger partial charge in [-0.1, -0.05) is 6.58 Å². The molecule has 16 heavy (non-hydrogen) atoms. The Balaban J connectivity index is 2.08. The van der Waals surface area contributed by atoms with Crippen LogP contribution in [0.3, 0.4) is 0 Å². The van der Waals surface area contributed by atoms with E-state index in [9.17, 15) is 9.18 Å². The van der Waals surface area contributed by atoms with E-state index in [0.717, 1.165) is 18.5 Å². The summed E-state index contributed by atoms with van der Waals surface area (Å²) in [4.78, 5) is 11.5. The monoisotopic (exact) mass is 219 g/mol. The van der Waals surface area contributed by atoms with Gasteiger partial charge < -0.3 is 5.32 Å².